The zero-order valence-corrected chi connectivity index (χ0v) is 9.53. The maximum atomic E-state index is 4.45. The van der Waals surface area contributed by atoms with E-state index < -0.39 is 0 Å². The fraction of sp³-hybridized carbons (Fsp3) is 0.700. The van der Waals surface area contributed by atoms with Gasteiger partial charge in [0.05, 0.1) is 10.7 Å². The number of hydrogen-bond acceptors (Lipinski definition) is 2. The largest absolute Gasteiger partial charge is 0.246 e. The van der Waals surface area contributed by atoms with Crippen molar-refractivity contribution in [2.45, 2.75) is 47.0 Å². The quantitative estimate of drug-likeness (QED) is 0.682. The van der Waals surface area contributed by atoms with Gasteiger partial charge in [0, 0.05) is 5.38 Å². The minimum Gasteiger partial charge on any atom is -0.246 e. The predicted molar refractivity (Wildman–Crippen MR) is 56.9 cm³/mol. The van der Waals surface area contributed by atoms with Gasteiger partial charge >= 0.3 is 0 Å². The third-order valence-electron chi connectivity index (χ3n) is 1.46. The van der Waals surface area contributed by atoms with E-state index in [4.69, 9.17) is 0 Å². The lowest BCUT2D eigenvalue weighted by Crippen LogP contribution is -1.87. The molecule has 0 atom stereocenters. The zero-order valence-electron chi connectivity index (χ0n) is 8.72. The molecule has 0 saturated heterocycles. The summed E-state index contributed by atoms with van der Waals surface area (Å²) < 4.78 is 0. The zero-order chi connectivity index (χ0) is 9.56. The van der Waals surface area contributed by atoms with Crippen molar-refractivity contribution in [1.29, 1.82) is 0 Å². The van der Waals surface area contributed by atoms with Crippen molar-refractivity contribution >= 4 is 11.3 Å². The molecular weight excluding hydrogens is 166 g/mol. The van der Waals surface area contributed by atoms with Crippen LogP contribution in [0.15, 0.2) is 5.38 Å². The van der Waals surface area contributed by atoms with Crippen LogP contribution in [0, 0.1) is 0 Å². The monoisotopic (exact) mass is 185 g/mol. The Morgan fingerprint density at radius 1 is 1.42 bits per heavy atom. The highest BCUT2D eigenvalue weighted by Crippen LogP contribution is 2.17. The minimum atomic E-state index is 0.580. The maximum Gasteiger partial charge on any atom is 0.0925 e. The van der Waals surface area contributed by atoms with Gasteiger partial charge in [-0.05, 0) is 12.3 Å². The van der Waals surface area contributed by atoms with Crippen LogP contribution in [-0.4, -0.2) is 4.98 Å². The highest BCUT2D eigenvalue weighted by molar-refractivity contribution is 7.09. The van der Waals surface area contributed by atoms with E-state index in [1.54, 1.807) is 11.3 Å². The molecule has 0 N–H and O–H groups in total. The van der Waals surface area contributed by atoms with Crippen LogP contribution in [0.5, 0.6) is 0 Å². The van der Waals surface area contributed by atoms with E-state index in [1.807, 2.05) is 13.8 Å². The number of thiazole rings is 1. The van der Waals surface area contributed by atoms with Gasteiger partial charge in [0.1, 0.15) is 0 Å². The lowest BCUT2D eigenvalue weighted by molar-refractivity contribution is 0.823. The van der Waals surface area contributed by atoms with E-state index in [-0.39, 0.29) is 0 Å². The Balaban J connectivity index is 0.000000561. The molecule has 0 bridgehead atoms. The second kappa shape index (κ2) is 6.18. The van der Waals surface area contributed by atoms with Gasteiger partial charge < -0.3 is 0 Å². The Labute approximate surface area is 79.9 Å². The summed E-state index contributed by atoms with van der Waals surface area (Å²) in [7, 11) is 0. The smallest absolute Gasteiger partial charge is 0.0925 e. The fourth-order valence-corrected chi connectivity index (χ4v) is 1.66. The summed E-state index contributed by atoms with van der Waals surface area (Å²) in [6.07, 6.45) is 1.07. The molecule has 2 heteroatoms. The van der Waals surface area contributed by atoms with E-state index in [2.05, 4.69) is 31.1 Å². The molecule has 0 aromatic carbocycles. The average molecular weight is 185 g/mol. The van der Waals surface area contributed by atoms with Gasteiger partial charge in [-0.15, -0.1) is 11.3 Å². The van der Waals surface area contributed by atoms with Gasteiger partial charge in [0.2, 0.25) is 0 Å². The highest BCUT2D eigenvalue weighted by Gasteiger charge is 2.02. The molecule has 0 unspecified atom stereocenters. The molecule has 0 saturated carbocycles. The SMILES string of the molecule is CC.CCc1nc(C(C)C)cs1. The summed E-state index contributed by atoms with van der Waals surface area (Å²) in [6, 6.07) is 0. The van der Waals surface area contributed by atoms with Crippen LogP contribution in [0.4, 0.5) is 0 Å². The van der Waals surface area contributed by atoms with E-state index >= 15 is 0 Å². The molecule has 1 nitrogen and oxygen atoms in total. The van der Waals surface area contributed by atoms with Crippen molar-refractivity contribution in [2.75, 3.05) is 0 Å². The Morgan fingerprint density at radius 3 is 2.25 bits per heavy atom. The van der Waals surface area contributed by atoms with Crippen LogP contribution >= 0.6 is 11.3 Å². The van der Waals surface area contributed by atoms with Crippen molar-refractivity contribution in [3.05, 3.63) is 16.1 Å². The average Bonchev–Trinajstić information content (AvgIpc) is 2.55. The molecule has 1 rings (SSSR count). The lowest BCUT2D eigenvalue weighted by atomic mass is 10.2. The molecule has 0 radical (unpaired) electrons. The Morgan fingerprint density at radius 2 is 2.00 bits per heavy atom. The normalized spacial score (nSPS) is 9.50. The molecule has 1 heterocycles. The van der Waals surface area contributed by atoms with E-state index in [1.165, 1.54) is 10.7 Å². The van der Waals surface area contributed by atoms with E-state index in [0.717, 1.165) is 6.42 Å². The van der Waals surface area contributed by atoms with Gasteiger partial charge in [0.15, 0.2) is 0 Å². The summed E-state index contributed by atoms with van der Waals surface area (Å²) in [5.41, 5.74) is 1.24. The first-order valence-electron chi connectivity index (χ1n) is 4.68. The summed E-state index contributed by atoms with van der Waals surface area (Å²) in [4.78, 5) is 4.45. The minimum absolute atomic E-state index is 0.580. The van der Waals surface area contributed by atoms with Crippen LogP contribution in [0.1, 0.15) is 51.2 Å². The molecule has 1 aromatic rings. The first-order valence-corrected chi connectivity index (χ1v) is 5.56. The predicted octanol–water partition coefficient (Wildman–Crippen LogP) is 3.86. The second-order valence-electron chi connectivity index (χ2n) is 2.67. The van der Waals surface area contributed by atoms with E-state index in [9.17, 15) is 0 Å². The summed E-state index contributed by atoms with van der Waals surface area (Å²) in [5, 5.41) is 3.41. The molecule has 12 heavy (non-hydrogen) atoms. The van der Waals surface area contributed by atoms with Crippen LogP contribution in [0.25, 0.3) is 0 Å². The van der Waals surface area contributed by atoms with Crippen molar-refractivity contribution in [1.82, 2.24) is 4.98 Å². The standard InChI is InChI=1S/C8H13NS.C2H6/c1-4-8-9-7(5-10-8)6(2)3;1-2/h5-6H,4H2,1-3H3;1-2H3. The first kappa shape index (κ1) is 11.6. The van der Waals surface area contributed by atoms with Crippen LogP contribution in [0.3, 0.4) is 0 Å². The summed E-state index contributed by atoms with van der Waals surface area (Å²) >= 11 is 1.77. The van der Waals surface area contributed by atoms with Crippen molar-refractivity contribution in [3.8, 4) is 0 Å². The molecule has 0 aliphatic heterocycles. The second-order valence-corrected chi connectivity index (χ2v) is 3.62. The third-order valence-corrected chi connectivity index (χ3v) is 2.47. The van der Waals surface area contributed by atoms with Gasteiger partial charge in [-0.3, -0.25) is 0 Å². The van der Waals surface area contributed by atoms with Crippen molar-refractivity contribution in [3.63, 3.8) is 0 Å². The molecule has 0 amide bonds. The summed E-state index contributed by atoms with van der Waals surface area (Å²) in [6.45, 7) is 10.5. The molecular formula is C10H19NS. The topological polar surface area (TPSA) is 12.9 Å². The molecule has 1 aromatic heterocycles. The number of hydrogen-bond donors (Lipinski definition) is 0. The number of aromatic nitrogens is 1. The van der Waals surface area contributed by atoms with Crippen LogP contribution < -0.4 is 0 Å². The number of rotatable bonds is 2. The summed E-state index contributed by atoms with van der Waals surface area (Å²) in [5.74, 6) is 0.580. The Hall–Kier alpha value is -0.370. The number of aryl methyl sites for hydroxylation is 1. The molecule has 0 aliphatic rings. The molecule has 0 aliphatic carbocycles. The van der Waals surface area contributed by atoms with Gasteiger partial charge in [-0.25, -0.2) is 4.98 Å². The maximum absolute atomic E-state index is 4.45. The lowest BCUT2D eigenvalue weighted by Gasteiger charge is -1.95. The third kappa shape index (κ3) is 3.35. The van der Waals surface area contributed by atoms with Gasteiger partial charge in [-0.2, -0.15) is 0 Å². The van der Waals surface area contributed by atoms with Crippen molar-refractivity contribution < 1.29 is 0 Å². The fourth-order valence-electron chi connectivity index (χ4n) is 0.753. The van der Waals surface area contributed by atoms with Crippen LogP contribution in [-0.2, 0) is 6.42 Å². The Bertz CT molecular complexity index is 203. The first-order chi connectivity index (χ1) is 5.74. The molecule has 70 valence electrons. The molecule has 0 spiro atoms. The van der Waals surface area contributed by atoms with E-state index in [0.29, 0.717) is 5.92 Å². The number of nitrogens with zero attached hydrogens (tertiary/aromatic N) is 1. The van der Waals surface area contributed by atoms with Gasteiger partial charge in [0.25, 0.3) is 0 Å². The molecule has 0 fully saturated rings. The van der Waals surface area contributed by atoms with Gasteiger partial charge in [-0.1, -0.05) is 34.6 Å². The van der Waals surface area contributed by atoms with Crippen LogP contribution in [0.2, 0.25) is 0 Å². The highest BCUT2D eigenvalue weighted by atomic mass is 32.1. The van der Waals surface area contributed by atoms with Crippen molar-refractivity contribution in [2.24, 2.45) is 0 Å². The Kier molecular flexibility index (Phi) is 5.99.